The molecule has 0 aliphatic carbocycles. The Morgan fingerprint density at radius 2 is 2.31 bits per heavy atom. The van der Waals surface area contributed by atoms with Gasteiger partial charge in [0.05, 0.1) is 21.1 Å². The SMILES string of the molecule is C[S@@](=O)c1c[nH]c2ncnc(Cl)c12. The van der Waals surface area contributed by atoms with Crippen molar-refractivity contribution in [1.29, 1.82) is 0 Å². The van der Waals surface area contributed by atoms with Gasteiger partial charge in [-0.1, -0.05) is 11.6 Å². The van der Waals surface area contributed by atoms with Crippen LogP contribution in [0.15, 0.2) is 17.4 Å². The molecule has 1 atom stereocenters. The number of aromatic amines is 1. The number of nitrogens with one attached hydrogen (secondary N) is 1. The zero-order chi connectivity index (χ0) is 9.42. The monoisotopic (exact) mass is 215 g/mol. The van der Waals surface area contributed by atoms with Crippen LogP contribution in [-0.2, 0) is 10.8 Å². The van der Waals surface area contributed by atoms with Crippen molar-refractivity contribution in [1.82, 2.24) is 15.0 Å². The maximum Gasteiger partial charge on any atom is 0.143 e. The van der Waals surface area contributed by atoms with Crippen LogP contribution in [0, 0.1) is 0 Å². The Hall–Kier alpha value is -0.940. The molecular formula is C7H6ClN3OS. The van der Waals surface area contributed by atoms with Crippen LogP contribution in [0.4, 0.5) is 0 Å². The molecule has 2 aromatic heterocycles. The van der Waals surface area contributed by atoms with E-state index in [9.17, 15) is 4.21 Å². The van der Waals surface area contributed by atoms with Crippen molar-refractivity contribution in [3.8, 4) is 0 Å². The maximum absolute atomic E-state index is 11.2. The molecule has 0 bridgehead atoms. The van der Waals surface area contributed by atoms with Crippen LogP contribution >= 0.6 is 11.6 Å². The highest BCUT2D eigenvalue weighted by atomic mass is 35.5. The molecule has 0 aliphatic rings. The molecule has 2 aromatic rings. The predicted octanol–water partition coefficient (Wildman–Crippen LogP) is 1.35. The Bertz CT molecular complexity index is 482. The molecule has 0 radical (unpaired) electrons. The summed E-state index contributed by atoms with van der Waals surface area (Å²) in [6.45, 7) is 0. The number of hydrogen-bond acceptors (Lipinski definition) is 3. The highest BCUT2D eigenvalue weighted by Gasteiger charge is 2.11. The Balaban J connectivity index is 2.86. The molecule has 0 aliphatic heterocycles. The lowest BCUT2D eigenvalue weighted by Crippen LogP contribution is -1.87. The second kappa shape index (κ2) is 3.08. The van der Waals surface area contributed by atoms with Crippen molar-refractivity contribution in [2.45, 2.75) is 4.90 Å². The molecule has 68 valence electrons. The molecule has 0 fully saturated rings. The molecule has 6 heteroatoms. The average Bonchev–Trinajstić information content (AvgIpc) is 2.49. The zero-order valence-corrected chi connectivity index (χ0v) is 8.32. The van der Waals surface area contributed by atoms with E-state index >= 15 is 0 Å². The molecular weight excluding hydrogens is 210 g/mol. The van der Waals surface area contributed by atoms with Gasteiger partial charge in [-0.2, -0.15) is 0 Å². The summed E-state index contributed by atoms with van der Waals surface area (Å²) in [5.74, 6) is 0. The first-order chi connectivity index (χ1) is 6.20. The highest BCUT2D eigenvalue weighted by Crippen LogP contribution is 2.24. The smallest absolute Gasteiger partial charge is 0.143 e. The maximum atomic E-state index is 11.2. The minimum Gasteiger partial charge on any atom is -0.345 e. The van der Waals surface area contributed by atoms with Crippen molar-refractivity contribution < 1.29 is 4.21 Å². The van der Waals surface area contributed by atoms with Gasteiger partial charge in [0.2, 0.25) is 0 Å². The van der Waals surface area contributed by atoms with Gasteiger partial charge in [-0.3, -0.25) is 4.21 Å². The topological polar surface area (TPSA) is 58.6 Å². The normalized spacial score (nSPS) is 13.4. The van der Waals surface area contributed by atoms with E-state index < -0.39 is 10.8 Å². The van der Waals surface area contributed by atoms with Crippen LogP contribution in [-0.4, -0.2) is 25.4 Å². The van der Waals surface area contributed by atoms with Gasteiger partial charge >= 0.3 is 0 Å². The van der Waals surface area contributed by atoms with E-state index in [-0.39, 0.29) is 0 Å². The minimum atomic E-state index is -1.08. The lowest BCUT2D eigenvalue weighted by atomic mass is 10.4. The van der Waals surface area contributed by atoms with E-state index in [4.69, 9.17) is 11.6 Å². The van der Waals surface area contributed by atoms with E-state index in [0.717, 1.165) is 0 Å². The van der Waals surface area contributed by atoms with Crippen LogP contribution in [0.1, 0.15) is 0 Å². The van der Waals surface area contributed by atoms with Gasteiger partial charge in [-0.25, -0.2) is 9.97 Å². The summed E-state index contributed by atoms with van der Waals surface area (Å²) < 4.78 is 11.2. The van der Waals surface area contributed by atoms with Crippen LogP contribution in [0.3, 0.4) is 0 Å². The summed E-state index contributed by atoms with van der Waals surface area (Å²) in [4.78, 5) is 11.3. The fourth-order valence-corrected chi connectivity index (χ4v) is 2.12. The van der Waals surface area contributed by atoms with Gasteiger partial charge in [0.15, 0.2) is 0 Å². The highest BCUT2D eigenvalue weighted by molar-refractivity contribution is 7.84. The molecule has 0 saturated carbocycles. The van der Waals surface area contributed by atoms with Gasteiger partial charge < -0.3 is 4.98 Å². The number of aromatic nitrogens is 3. The van der Waals surface area contributed by atoms with Gasteiger partial charge in [-0.05, 0) is 0 Å². The third-order valence-electron chi connectivity index (χ3n) is 1.70. The van der Waals surface area contributed by atoms with E-state index in [0.29, 0.717) is 21.1 Å². The van der Waals surface area contributed by atoms with Crippen LogP contribution in [0.5, 0.6) is 0 Å². The number of nitrogens with zero attached hydrogens (tertiary/aromatic N) is 2. The number of H-pyrrole nitrogens is 1. The largest absolute Gasteiger partial charge is 0.345 e. The molecule has 0 aromatic carbocycles. The van der Waals surface area contributed by atoms with E-state index in [2.05, 4.69) is 15.0 Å². The first-order valence-corrected chi connectivity index (χ1v) is 5.45. The Morgan fingerprint density at radius 3 is 3.00 bits per heavy atom. The van der Waals surface area contributed by atoms with Gasteiger partial charge in [0, 0.05) is 12.5 Å². The molecule has 4 nitrogen and oxygen atoms in total. The summed E-state index contributed by atoms with van der Waals surface area (Å²) in [6.07, 6.45) is 4.59. The van der Waals surface area contributed by atoms with Gasteiger partial charge in [0.25, 0.3) is 0 Å². The number of rotatable bonds is 1. The van der Waals surface area contributed by atoms with Crippen molar-refractivity contribution in [2.75, 3.05) is 6.26 Å². The summed E-state index contributed by atoms with van der Waals surface area (Å²) in [5.41, 5.74) is 0.616. The van der Waals surface area contributed by atoms with Crippen molar-refractivity contribution in [3.63, 3.8) is 0 Å². The van der Waals surface area contributed by atoms with Crippen molar-refractivity contribution in [3.05, 3.63) is 17.7 Å². The fraction of sp³-hybridized carbons (Fsp3) is 0.143. The van der Waals surface area contributed by atoms with E-state index in [1.807, 2.05) is 0 Å². The number of fused-ring (bicyclic) bond motifs is 1. The predicted molar refractivity (Wildman–Crippen MR) is 51.2 cm³/mol. The summed E-state index contributed by atoms with van der Waals surface area (Å²) in [7, 11) is -1.08. The lowest BCUT2D eigenvalue weighted by Gasteiger charge is -1.94. The van der Waals surface area contributed by atoms with Crippen molar-refractivity contribution >= 4 is 33.4 Å². The summed E-state index contributed by atoms with van der Waals surface area (Å²) in [5, 5.41) is 0.974. The Morgan fingerprint density at radius 1 is 1.54 bits per heavy atom. The molecule has 0 unspecified atom stereocenters. The van der Waals surface area contributed by atoms with Gasteiger partial charge in [0.1, 0.15) is 17.1 Å². The lowest BCUT2D eigenvalue weighted by molar-refractivity contribution is 0.687. The van der Waals surface area contributed by atoms with Crippen LogP contribution in [0.2, 0.25) is 5.15 Å². The molecule has 13 heavy (non-hydrogen) atoms. The fourth-order valence-electron chi connectivity index (χ4n) is 1.12. The summed E-state index contributed by atoms with van der Waals surface area (Å²) in [6, 6.07) is 0. The average molecular weight is 216 g/mol. The second-order valence-corrected chi connectivity index (χ2v) is 4.20. The van der Waals surface area contributed by atoms with Crippen LogP contribution in [0.25, 0.3) is 11.0 Å². The van der Waals surface area contributed by atoms with E-state index in [1.165, 1.54) is 6.33 Å². The molecule has 2 rings (SSSR count). The first kappa shape index (κ1) is 8.65. The Labute approximate surface area is 81.8 Å². The molecule has 0 saturated heterocycles. The number of hydrogen-bond donors (Lipinski definition) is 1. The quantitative estimate of drug-likeness (QED) is 0.731. The van der Waals surface area contributed by atoms with Gasteiger partial charge in [-0.15, -0.1) is 0 Å². The third-order valence-corrected chi connectivity index (χ3v) is 2.93. The standard InChI is InChI=1S/C7H6ClN3OS/c1-13(12)4-2-9-7-5(4)6(8)10-3-11-7/h2-3H,1H3,(H,9,10,11)/t13-/m1/s1. The van der Waals surface area contributed by atoms with Crippen LogP contribution < -0.4 is 0 Å². The molecule has 0 amide bonds. The minimum absolute atomic E-state index is 0.330. The zero-order valence-electron chi connectivity index (χ0n) is 6.74. The Kier molecular flexibility index (Phi) is 2.05. The van der Waals surface area contributed by atoms with Crippen molar-refractivity contribution in [2.24, 2.45) is 0 Å². The molecule has 1 N–H and O–H groups in total. The first-order valence-electron chi connectivity index (χ1n) is 3.51. The second-order valence-electron chi connectivity index (χ2n) is 2.50. The molecule has 0 spiro atoms. The molecule has 2 heterocycles. The summed E-state index contributed by atoms with van der Waals surface area (Å²) >= 11 is 5.84. The third kappa shape index (κ3) is 1.34. The number of halogens is 1. The van der Waals surface area contributed by atoms with E-state index in [1.54, 1.807) is 12.5 Å².